The van der Waals surface area contributed by atoms with Crippen LogP contribution in [0.3, 0.4) is 0 Å². The summed E-state index contributed by atoms with van der Waals surface area (Å²) < 4.78 is 0. The Kier molecular flexibility index (Phi) is 5.82. The maximum atomic E-state index is 12.4. The van der Waals surface area contributed by atoms with Crippen molar-refractivity contribution in [3.8, 4) is 5.75 Å². The third kappa shape index (κ3) is 4.13. The van der Waals surface area contributed by atoms with E-state index in [1.807, 2.05) is 6.92 Å². The van der Waals surface area contributed by atoms with E-state index in [2.05, 4.69) is 0 Å². The number of benzene rings is 1. The third-order valence-electron chi connectivity index (χ3n) is 2.79. The van der Waals surface area contributed by atoms with Gasteiger partial charge in [0.05, 0.1) is 10.6 Å². The second-order valence-corrected chi connectivity index (χ2v) is 5.09. The molecule has 0 aromatic heterocycles. The monoisotopic (exact) mass is 298 g/mol. The predicted octanol–water partition coefficient (Wildman–Crippen LogP) is 1.99. The van der Waals surface area contributed by atoms with Crippen molar-refractivity contribution in [2.24, 2.45) is 0 Å². The average molecular weight is 299 g/mol. The summed E-state index contributed by atoms with van der Waals surface area (Å²) >= 11 is 5.98. The summed E-state index contributed by atoms with van der Waals surface area (Å²) in [4.78, 5) is 27.1. The van der Waals surface area contributed by atoms with Gasteiger partial charge >= 0.3 is 0 Å². The molecule has 0 unspecified atom stereocenters. The molecule has 0 radical (unpaired) electrons. The zero-order valence-electron chi connectivity index (χ0n) is 11.9. The molecule has 0 spiro atoms. The summed E-state index contributed by atoms with van der Waals surface area (Å²) in [6, 6.07) is 4.18. The minimum atomic E-state index is -0.358. The first-order valence-corrected chi connectivity index (χ1v) is 6.72. The number of carbonyl (C=O) groups is 2. The first-order valence-electron chi connectivity index (χ1n) is 6.34. The molecule has 0 aliphatic heterocycles. The number of nitrogens with zero attached hydrogens (tertiary/aromatic N) is 2. The standard InChI is InChI=1S/C14H19ClN2O3/c1-4-7-17(9-13(19)16(2)3)14(20)11-8-10(18)5-6-12(11)15/h5-6,8,18H,4,7,9H2,1-3H3. The molecular weight excluding hydrogens is 280 g/mol. The fourth-order valence-corrected chi connectivity index (χ4v) is 1.87. The molecule has 0 heterocycles. The molecule has 20 heavy (non-hydrogen) atoms. The fraction of sp³-hybridized carbons (Fsp3) is 0.429. The Bertz CT molecular complexity index is 503. The maximum Gasteiger partial charge on any atom is 0.255 e. The van der Waals surface area contributed by atoms with Gasteiger partial charge in [-0.25, -0.2) is 0 Å². The molecule has 0 fully saturated rings. The first-order chi connectivity index (χ1) is 9.36. The molecule has 0 atom stereocenters. The summed E-state index contributed by atoms with van der Waals surface area (Å²) in [5.74, 6) is -0.556. The summed E-state index contributed by atoms with van der Waals surface area (Å²) in [5, 5.41) is 9.72. The normalized spacial score (nSPS) is 10.2. The van der Waals surface area contributed by atoms with Crippen LogP contribution in [0.5, 0.6) is 5.75 Å². The second kappa shape index (κ2) is 7.14. The Morgan fingerprint density at radius 3 is 2.50 bits per heavy atom. The van der Waals surface area contributed by atoms with Crippen LogP contribution in [-0.4, -0.2) is 53.9 Å². The Hall–Kier alpha value is -1.75. The number of hydrogen-bond acceptors (Lipinski definition) is 3. The lowest BCUT2D eigenvalue weighted by Gasteiger charge is -2.23. The van der Waals surface area contributed by atoms with Crippen LogP contribution in [0.1, 0.15) is 23.7 Å². The smallest absolute Gasteiger partial charge is 0.255 e. The van der Waals surface area contributed by atoms with Crippen molar-refractivity contribution in [1.29, 1.82) is 0 Å². The van der Waals surface area contributed by atoms with Crippen molar-refractivity contribution in [2.45, 2.75) is 13.3 Å². The summed E-state index contributed by atoms with van der Waals surface area (Å²) in [5.41, 5.74) is 0.201. The lowest BCUT2D eigenvalue weighted by Crippen LogP contribution is -2.40. The van der Waals surface area contributed by atoms with E-state index in [9.17, 15) is 14.7 Å². The summed E-state index contributed by atoms with van der Waals surface area (Å²) in [6.45, 7) is 2.36. The molecule has 2 amide bonds. The quantitative estimate of drug-likeness (QED) is 0.904. The number of phenolic OH excluding ortho intramolecular Hbond substituents is 1. The zero-order valence-corrected chi connectivity index (χ0v) is 12.6. The zero-order chi connectivity index (χ0) is 15.3. The van der Waals surface area contributed by atoms with E-state index in [1.54, 1.807) is 14.1 Å². The van der Waals surface area contributed by atoms with E-state index in [4.69, 9.17) is 11.6 Å². The van der Waals surface area contributed by atoms with Crippen LogP contribution in [0, 0.1) is 0 Å². The van der Waals surface area contributed by atoms with Crippen LogP contribution in [0.25, 0.3) is 0 Å². The predicted molar refractivity (Wildman–Crippen MR) is 78.0 cm³/mol. The van der Waals surface area contributed by atoms with Crippen molar-refractivity contribution < 1.29 is 14.7 Å². The molecular formula is C14H19ClN2O3. The highest BCUT2D eigenvalue weighted by atomic mass is 35.5. The number of carbonyl (C=O) groups excluding carboxylic acids is 2. The van der Waals surface area contributed by atoms with Crippen LogP contribution in [0.15, 0.2) is 18.2 Å². The van der Waals surface area contributed by atoms with Crippen LogP contribution in [0.2, 0.25) is 5.02 Å². The molecule has 0 bridgehead atoms. The van der Waals surface area contributed by atoms with Gasteiger partial charge in [-0.2, -0.15) is 0 Å². The molecule has 0 saturated carbocycles. The molecule has 0 saturated heterocycles. The van der Waals surface area contributed by atoms with Gasteiger partial charge in [0.15, 0.2) is 0 Å². The largest absolute Gasteiger partial charge is 0.508 e. The maximum absolute atomic E-state index is 12.4. The Morgan fingerprint density at radius 2 is 1.95 bits per heavy atom. The molecule has 1 aromatic carbocycles. The second-order valence-electron chi connectivity index (χ2n) is 4.68. The van der Waals surface area contributed by atoms with Crippen molar-refractivity contribution in [3.05, 3.63) is 28.8 Å². The number of amides is 2. The Labute approximate surface area is 123 Å². The molecule has 110 valence electrons. The number of rotatable bonds is 5. The lowest BCUT2D eigenvalue weighted by atomic mass is 10.1. The van der Waals surface area contributed by atoms with E-state index in [-0.39, 0.29) is 34.7 Å². The van der Waals surface area contributed by atoms with Gasteiger partial charge < -0.3 is 14.9 Å². The Morgan fingerprint density at radius 1 is 1.30 bits per heavy atom. The van der Waals surface area contributed by atoms with Gasteiger partial charge in [0.1, 0.15) is 12.3 Å². The highest BCUT2D eigenvalue weighted by molar-refractivity contribution is 6.33. The summed E-state index contributed by atoms with van der Waals surface area (Å²) in [7, 11) is 3.27. The van der Waals surface area contributed by atoms with Crippen molar-refractivity contribution in [1.82, 2.24) is 9.80 Å². The highest BCUT2D eigenvalue weighted by Gasteiger charge is 2.21. The third-order valence-corrected chi connectivity index (χ3v) is 3.12. The van der Waals surface area contributed by atoms with E-state index >= 15 is 0 Å². The van der Waals surface area contributed by atoms with Crippen LogP contribution >= 0.6 is 11.6 Å². The average Bonchev–Trinajstić information content (AvgIpc) is 2.40. The molecule has 1 aromatic rings. The Balaban J connectivity index is 2.99. The van der Waals surface area contributed by atoms with E-state index < -0.39 is 0 Å². The van der Waals surface area contributed by atoms with Crippen molar-refractivity contribution >= 4 is 23.4 Å². The van der Waals surface area contributed by atoms with Gasteiger partial charge in [-0.15, -0.1) is 0 Å². The summed E-state index contributed by atoms with van der Waals surface area (Å²) in [6.07, 6.45) is 0.725. The van der Waals surface area contributed by atoms with Gasteiger partial charge in [-0.1, -0.05) is 18.5 Å². The highest BCUT2D eigenvalue weighted by Crippen LogP contribution is 2.22. The minimum absolute atomic E-state index is 0.00828. The number of aromatic hydroxyl groups is 1. The van der Waals surface area contributed by atoms with E-state index in [0.717, 1.165) is 6.42 Å². The van der Waals surface area contributed by atoms with E-state index in [1.165, 1.54) is 28.0 Å². The van der Waals surface area contributed by atoms with Gasteiger partial charge in [0.25, 0.3) is 5.91 Å². The molecule has 1 N–H and O–H groups in total. The molecule has 1 rings (SSSR count). The molecule has 0 aliphatic rings. The topological polar surface area (TPSA) is 60.9 Å². The van der Waals surface area contributed by atoms with E-state index in [0.29, 0.717) is 6.54 Å². The van der Waals surface area contributed by atoms with Gasteiger partial charge in [-0.3, -0.25) is 9.59 Å². The SMILES string of the molecule is CCCN(CC(=O)N(C)C)C(=O)c1cc(O)ccc1Cl. The molecule has 0 aliphatic carbocycles. The lowest BCUT2D eigenvalue weighted by molar-refractivity contribution is -0.129. The molecule has 6 heteroatoms. The van der Waals surface area contributed by atoms with Gasteiger partial charge in [0.2, 0.25) is 5.91 Å². The van der Waals surface area contributed by atoms with Crippen LogP contribution in [0.4, 0.5) is 0 Å². The number of likely N-dealkylation sites (N-methyl/N-ethyl adjacent to an activating group) is 1. The number of hydrogen-bond donors (Lipinski definition) is 1. The molecule has 5 nitrogen and oxygen atoms in total. The first kappa shape index (κ1) is 16.3. The van der Waals surface area contributed by atoms with Crippen molar-refractivity contribution in [2.75, 3.05) is 27.2 Å². The number of phenols is 1. The number of halogens is 1. The minimum Gasteiger partial charge on any atom is -0.508 e. The van der Waals surface area contributed by atoms with Crippen molar-refractivity contribution in [3.63, 3.8) is 0 Å². The van der Waals surface area contributed by atoms with Crippen LogP contribution in [-0.2, 0) is 4.79 Å². The van der Waals surface area contributed by atoms with Gasteiger partial charge in [0, 0.05) is 20.6 Å². The van der Waals surface area contributed by atoms with Gasteiger partial charge in [-0.05, 0) is 24.6 Å². The fourth-order valence-electron chi connectivity index (χ4n) is 1.67. The van der Waals surface area contributed by atoms with Crippen LogP contribution < -0.4 is 0 Å².